The Morgan fingerprint density at radius 1 is 1.14 bits per heavy atom. The average Bonchev–Trinajstić information content (AvgIpc) is 3.34. The van der Waals surface area contributed by atoms with E-state index in [1.165, 1.54) is 4.90 Å². The van der Waals surface area contributed by atoms with Gasteiger partial charge in [-0.1, -0.05) is 18.2 Å². The highest BCUT2D eigenvalue weighted by molar-refractivity contribution is 9.10. The van der Waals surface area contributed by atoms with Gasteiger partial charge in [0.2, 0.25) is 0 Å². The van der Waals surface area contributed by atoms with Crippen molar-refractivity contribution in [1.82, 2.24) is 9.47 Å². The molecule has 3 aromatic rings. The van der Waals surface area contributed by atoms with Crippen LogP contribution in [0.4, 0.5) is 4.79 Å². The number of halogens is 1. The van der Waals surface area contributed by atoms with Crippen LogP contribution in [0, 0.1) is 11.3 Å². The standard InChI is InChI=1S/C22H18BrN3O3/c23-21-19(15-10-11-25(13-15)22(27)28)14-26(20(21)12-24)16-6-8-18(9-7-16)29-17-4-2-1-3-5-17/h1-9,14-15H,10-11,13H2,(H,27,28). The first-order chi connectivity index (χ1) is 14.1. The number of hydrogen-bond donors (Lipinski definition) is 1. The topological polar surface area (TPSA) is 78.5 Å². The third-order valence-electron chi connectivity index (χ3n) is 5.07. The molecular formula is C22H18BrN3O3. The average molecular weight is 452 g/mol. The Morgan fingerprint density at radius 2 is 1.83 bits per heavy atom. The van der Waals surface area contributed by atoms with E-state index in [0.29, 0.717) is 24.5 Å². The number of ether oxygens (including phenoxy) is 1. The molecule has 29 heavy (non-hydrogen) atoms. The highest BCUT2D eigenvalue weighted by atomic mass is 79.9. The Kier molecular flexibility index (Phi) is 5.28. The van der Waals surface area contributed by atoms with E-state index >= 15 is 0 Å². The van der Waals surface area contributed by atoms with Crippen molar-refractivity contribution in [2.45, 2.75) is 12.3 Å². The van der Waals surface area contributed by atoms with Crippen LogP contribution in [-0.4, -0.2) is 33.8 Å². The number of carboxylic acid groups (broad SMARTS) is 1. The molecule has 4 rings (SSSR count). The molecule has 2 aromatic carbocycles. The summed E-state index contributed by atoms with van der Waals surface area (Å²) in [6.45, 7) is 0.942. The zero-order valence-electron chi connectivity index (χ0n) is 15.5. The Bertz CT molecular complexity index is 1070. The van der Waals surface area contributed by atoms with Crippen molar-refractivity contribution in [2.75, 3.05) is 13.1 Å². The maximum Gasteiger partial charge on any atom is 0.407 e. The quantitative estimate of drug-likeness (QED) is 0.577. The Labute approximate surface area is 176 Å². The van der Waals surface area contributed by atoms with Gasteiger partial charge in [-0.05, 0) is 64.3 Å². The van der Waals surface area contributed by atoms with Crippen molar-refractivity contribution in [2.24, 2.45) is 0 Å². The van der Waals surface area contributed by atoms with E-state index in [1.54, 1.807) is 0 Å². The van der Waals surface area contributed by atoms with Gasteiger partial charge in [0.15, 0.2) is 0 Å². The summed E-state index contributed by atoms with van der Waals surface area (Å²) < 4.78 is 8.38. The number of benzene rings is 2. The Hall–Kier alpha value is -3.24. The molecule has 1 unspecified atom stereocenters. The summed E-state index contributed by atoms with van der Waals surface area (Å²) in [5, 5.41) is 18.9. The van der Waals surface area contributed by atoms with Crippen LogP contribution in [-0.2, 0) is 0 Å². The predicted octanol–water partition coefficient (Wildman–Crippen LogP) is 5.37. The molecule has 146 valence electrons. The van der Waals surface area contributed by atoms with E-state index in [2.05, 4.69) is 22.0 Å². The van der Waals surface area contributed by atoms with Crippen molar-refractivity contribution in [3.8, 4) is 23.3 Å². The first kappa shape index (κ1) is 19.1. The summed E-state index contributed by atoms with van der Waals surface area (Å²) in [5.74, 6) is 1.53. The lowest BCUT2D eigenvalue weighted by molar-refractivity contribution is 0.155. The van der Waals surface area contributed by atoms with E-state index in [-0.39, 0.29) is 5.92 Å². The van der Waals surface area contributed by atoms with Crippen LogP contribution < -0.4 is 4.74 Å². The third kappa shape index (κ3) is 3.84. The summed E-state index contributed by atoms with van der Waals surface area (Å²) >= 11 is 3.55. The van der Waals surface area contributed by atoms with Crippen molar-refractivity contribution in [3.05, 3.63) is 76.5 Å². The van der Waals surface area contributed by atoms with Crippen LogP contribution in [0.15, 0.2) is 65.3 Å². The summed E-state index contributed by atoms with van der Waals surface area (Å²) in [6, 6.07) is 19.3. The van der Waals surface area contributed by atoms with Crippen LogP contribution in [0.1, 0.15) is 23.6 Å². The van der Waals surface area contributed by atoms with Crippen LogP contribution in [0.3, 0.4) is 0 Å². The summed E-state index contributed by atoms with van der Waals surface area (Å²) in [7, 11) is 0. The fourth-order valence-electron chi connectivity index (χ4n) is 3.58. The monoisotopic (exact) mass is 451 g/mol. The molecule has 0 radical (unpaired) electrons. The van der Waals surface area contributed by atoms with Gasteiger partial charge in [-0.25, -0.2) is 4.79 Å². The minimum absolute atomic E-state index is 0.0644. The zero-order chi connectivity index (χ0) is 20.4. The van der Waals surface area contributed by atoms with E-state index < -0.39 is 6.09 Å². The van der Waals surface area contributed by atoms with E-state index in [4.69, 9.17) is 4.74 Å². The molecule has 1 atom stereocenters. The van der Waals surface area contributed by atoms with Gasteiger partial charge in [-0.2, -0.15) is 5.26 Å². The minimum atomic E-state index is -0.905. The lowest BCUT2D eigenvalue weighted by Gasteiger charge is -2.11. The number of aromatic nitrogens is 1. The second-order valence-electron chi connectivity index (χ2n) is 6.85. The van der Waals surface area contributed by atoms with Crippen LogP contribution in [0.2, 0.25) is 0 Å². The lowest BCUT2D eigenvalue weighted by atomic mass is 10.0. The van der Waals surface area contributed by atoms with Crippen molar-refractivity contribution < 1.29 is 14.6 Å². The van der Waals surface area contributed by atoms with Gasteiger partial charge in [-0.3, -0.25) is 0 Å². The Morgan fingerprint density at radius 3 is 2.45 bits per heavy atom. The van der Waals surface area contributed by atoms with Crippen LogP contribution in [0.5, 0.6) is 11.5 Å². The lowest BCUT2D eigenvalue weighted by Crippen LogP contribution is -2.26. The molecule has 0 bridgehead atoms. The fourth-order valence-corrected chi connectivity index (χ4v) is 4.29. The van der Waals surface area contributed by atoms with Gasteiger partial charge in [0.25, 0.3) is 0 Å². The minimum Gasteiger partial charge on any atom is -0.465 e. The molecule has 2 heterocycles. The van der Waals surface area contributed by atoms with E-state index in [9.17, 15) is 15.2 Å². The summed E-state index contributed by atoms with van der Waals surface area (Å²) in [4.78, 5) is 12.6. The zero-order valence-corrected chi connectivity index (χ0v) is 17.0. The van der Waals surface area contributed by atoms with Gasteiger partial charge in [-0.15, -0.1) is 0 Å². The molecule has 7 heteroatoms. The number of carbonyl (C=O) groups is 1. The smallest absolute Gasteiger partial charge is 0.407 e. The normalized spacial score (nSPS) is 15.9. The number of nitrogens with zero attached hydrogens (tertiary/aromatic N) is 3. The first-order valence-electron chi connectivity index (χ1n) is 9.19. The molecule has 1 aliphatic rings. The molecular weight excluding hydrogens is 434 g/mol. The van der Waals surface area contributed by atoms with Gasteiger partial charge >= 0.3 is 6.09 Å². The molecule has 0 saturated carbocycles. The number of amides is 1. The van der Waals surface area contributed by atoms with Gasteiger partial charge in [0.1, 0.15) is 23.3 Å². The van der Waals surface area contributed by atoms with Gasteiger partial charge in [0.05, 0.1) is 4.47 Å². The van der Waals surface area contributed by atoms with Crippen LogP contribution >= 0.6 is 15.9 Å². The number of hydrogen-bond acceptors (Lipinski definition) is 3. The maximum absolute atomic E-state index is 11.2. The summed E-state index contributed by atoms with van der Waals surface area (Å²) in [5.41, 5.74) is 2.28. The third-order valence-corrected chi connectivity index (χ3v) is 5.90. The predicted molar refractivity (Wildman–Crippen MR) is 112 cm³/mol. The molecule has 1 aliphatic heterocycles. The van der Waals surface area contributed by atoms with Crippen molar-refractivity contribution in [1.29, 1.82) is 5.26 Å². The van der Waals surface area contributed by atoms with Crippen LogP contribution in [0.25, 0.3) is 5.69 Å². The second kappa shape index (κ2) is 8.02. The number of rotatable bonds is 4. The van der Waals surface area contributed by atoms with Gasteiger partial charge < -0.3 is 19.3 Å². The molecule has 6 nitrogen and oxygen atoms in total. The first-order valence-corrected chi connectivity index (χ1v) is 9.98. The van der Waals surface area contributed by atoms with E-state index in [0.717, 1.165) is 27.9 Å². The van der Waals surface area contributed by atoms with Gasteiger partial charge in [0, 0.05) is 30.9 Å². The SMILES string of the molecule is N#Cc1c(Br)c(C2CCN(C(=O)O)C2)cn1-c1ccc(Oc2ccccc2)cc1. The van der Waals surface area contributed by atoms with Crippen molar-refractivity contribution in [3.63, 3.8) is 0 Å². The molecule has 1 aromatic heterocycles. The molecule has 1 saturated heterocycles. The van der Waals surface area contributed by atoms with E-state index in [1.807, 2.05) is 65.4 Å². The molecule has 1 N–H and O–H groups in total. The highest BCUT2D eigenvalue weighted by Gasteiger charge is 2.30. The number of nitriles is 1. The molecule has 1 fully saturated rings. The largest absolute Gasteiger partial charge is 0.465 e. The Balaban J connectivity index is 1.60. The molecule has 0 aliphatic carbocycles. The van der Waals surface area contributed by atoms with Crippen molar-refractivity contribution >= 4 is 22.0 Å². The maximum atomic E-state index is 11.2. The number of para-hydroxylation sites is 1. The highest BCUT2D eigenvalue weighted by Crippen LogP contribution is 2.37. The summed E-state index contributed by atoms with van der Waals surface area (Å²) in [6.07, 6.45) is 1.76. The second-order valence-corrected chi connectivity index (χ2v) is 7.65. The molecule has 0 spiro atoms. The molecule has 1 amide bonds. The fraction of sp³-hybridized carbons (Fsp3) is 0.182. The number of likely N-dealkylation sites (tertiary alicyclic amines) is 1.